The van der Waals surface area contributed by atoms with Gasteiger partial charge in [-0.15, -0.1) is 0 Å². The van der Waals surface area contributed by atoms with E-state index in [0.717, 1.165) is 31.1 Å². The SMILES string of the molecule is FC(F)(F)CN1CCCCC1CCOc1ccc(C2CCC3CCCCN32)cc1. The highest BCUT2D eigenvalue weighted by molar-refractivity contribution is 5.30. The molecule has 3 fully saturated rings. The number of halogens is 3. The van der Waals surface area contributed by atoms with Crippen LogP contribution in [0.4, 0.5) is 13.2 Å². The quantitative estimate of drug-likeness (QED) is 0.610. The molecule has 3 unspecified atom stereocenters. The molecule has 1 aromatic carbocycles. The molecule has 0 radical (unpaired) electrons. The lowest BCUT2D eigenvalue weighted by Crippen LogP contribution is -2.45. The summed E-state index contributed by atoms with van der Waals surface area (Å²) in [5.74, 6) is 0.820. The Labute approximate surface area is 172 Å². The minimum absolute atomic E-state index is 0.0285. The van der Waals surface area contributed by atoms with Gasteiger partial charge in [0.25, 0.3) is 0 Å². The molecule has 3 atom stereocenters. The first-order valence-corrected chi connectivity index (χ1v) is 11.3. The van der Waals surface area contributed by atoms with Gasteiger partial charge in [-0.2, -0.15) is 13.2 Å². The topological polar surface area (TPSA) is 15.7 Å². The van der Waals surface area contributed by atoms with Crippen molar-refractivity contribution in [3.8, 4) is 5.75 Å². The van der Waals surface area contributed by atoms with Crippen molar-refractivity contribution in [2.45, 2.75) is 82.1 Å². The molecule has 29 heavy (non-hydrogen) atoms. The Balaban J connectivity index is 1.27. The molecule has 4 rings (SSSR count). The zero-order chi connectivity index (χ0) is 20.3. The Morgan fingerprint density at radius 2 is 1.66 bits per heavy atom. The zero-order valence-corrected chi connectivity index (χ0v) is 17.2. The van der Waals surface area contributed by atoms with Gasteiger partial charge in [-0.25, -0.2) is 0 Å². The molecule has 3 nitrogen and oxygen atoms in total. The van der Waals surface area contributed by atoms with Crippen LogP contribution in [0.15, 0.2) is 24.3 Å². The summed E-state index contributed by atoms with van der Waals surface area (Å²) in [7, 11) is 0. The minimum atomic E-state index is -4.13. The average molecular weight is 411 g/mol. The van der Waals surface area contributed by atoms with Crippen molar-refractivity contribution in [1.82, 2.24) is 9.80 Å². The van der Waals surface area contributed by atoms with Gasteiger partial charge in [0.2, 0.25) is 0 Å². The van der Waals surface area contributed by atoms with Crippen LogP contribution in [0, 0.1) is 0 Å². The Kier molecular flexibility index (Phi) is 6.69. The summed E-state index contributed by atoms with van der Waals surface area (Å²) in [5, 5.41) is 0. The van der Waals surface area contributed by atoms with Crippen molar-refractivity contribution in [3.05, 3.63) is 29.8 Å². The standard InChI is InChI=1S/C23H33F3N2O/c24-23(25,26)17-27-14-3-1-5-19(27)13-16-29-21-10-7-18(8-11-21)22-12-9-20-6-2-4-15-28(20)22/h7-8,10-11,19-20,22H,1-6,9,12-17H2. The Morgan fingerprint density at radius 3 is 2.45 bits per heavy atom. The van der Waals surface area contributed by atoms with Gasteiger partial charge in [0.1, 0.15) is 5.75 Å². The number of piperidine rings is 2. The highest BCUT2D eigenvalue weighted by Crippen LogP contribution is 2.40. The van der Waals surface area contributed by atoms with Crippen molar-refractivity contribution in [1.29, 1.82) is 0 Å². The average Bonchev–Trinajstić information content (AvgIpc) is 3.13. The van der Waals surface area contributed by atoms with E-state index >= 15 is 0 Å². The van der Waals surface area contributed by atoms with E-state index in [1.165, 1.54) is 44.2 Å². The summed E-state index contributed by atoms with van der Waals surface area (Å²) >= 11 is 0. The number of benzene rings is 1. The molecule has 3 aliphatic rings. The summed E-state index contributed by atoms with van der Waals surface area (Å²) in [6.45, 7) is 1.42. The highest BCUT2D eigenvalue weighted by atomic mass is 19.4. The van der Waals surface area contributed by atoms with Crippen LogP contribution in [0.25, 0.3) is 0 Å². The number of likely N-dealkylation sites (tertiary alicyclic amines) is 1. The molecule has 0 N–H and O–H groups in total. The van der Waals surface area contributed by atoms with Crippen LogP contribution in [0.3, 0.4) is 0 Å². The second kappa shape index (κ2) is 9.25. The van der Waals surface area contributed by atoms with Crippen molar-refractivity contribution < 1.29 is 17.9 Å². The van der Waals surface area contributed by atoms with Crippen molar-refractivity contribution in [2.75, 3.05) is 26.2 Å². The van der Waals surface area contributed by atoms with Gasteiger partial charge in [0, 0.05) is 18.1 Å². The van der Waals surface area contributed by atoms with Gasteiger partial charge in [-0.05, 0) is 75.7 Å². The first-order chi connectivity index (χ1) is 14.0. The fourth-order valence-electron chi connectivity index (χ4n) is 5.54. The maximum atomic E-state index is 12.8. The Bertz CT molecular complexity index is 649. The van der Waals surface area contributed by atoms with Crippen LogP contribution in [-0.4, -0.2) is 54.3 Å². The number of nitrogens with zero attached hydrogens (tertiary/aromatic N) is 2. The predicted molar refractivity (Wildman–Crippen MR) is 108 cm³/mol. The fraction of sp³-hybridized carbons (Fsp3) is 0.739. The predicted octanol–water partition coefficient (Wildman–Crippen LogP) is 5.56. The molecule has 3 heterocycles. The van der Waals surface area contributed by atoms with Crippen molar-refractivity contribution in [2.24, 2.45) is 0 Å². The third-order valence-corrected chi connectivity index (χ3v) is 6.96. The smallest absolute Gasteiger partial charge is 0.401 e. The zero-order valence-electron chi connectivity index (χ0n) is 17.2. The first-order valence-electron chi connectivity index (χ1n) is 11.3. The molecular weight excluding hydrogens is 377 g/mol. The molecular formula is C23H33F3N2O. The molecule has 162 valence electrons. The molecule has 0 aromatic heterocycles. The summed E-state index contributed by atoms with van der Waals surface area (Å²) in [6, 6.07) is 9.68. The van der Waals surface area contributed by atoms with E-state index < -0.39 is 12.7 Å². The Hall–Kier alpha value is -1.27. The van der Waals surface area contributed by atoms with Gasteiger partial charge in [0.15, 0.2) is 0 Å². The van der Waals surface area contributed by atoms with Crippen LogP contribution >= 0.6 is 0 Å². The van der Waals surface area contributed by atoms with Crippen LogP contribution in [-0.2, 0) is 0 Å². The third kappa shape index (κ3) is 5.46. The van der Waals surface area contributed by atoms with E-state index in [0.29, 0.717) is 25.6 Å². The largest absolute Gasteiger partial charge is 0.494 e. The monoisotopic (exact) mass is 410 g/mol. The van der Waals surface area contributed by atoms with E-state index in [2.05, 4.69) is 17.0 Å². The van der Waals surface area contributed by atoms with E-state index in [4.69, 9.17) is 4.74 Å². The molecule has 6 heteroatoms. The van der Waals surface area contributed by atoms with Gasteiger partial charge < -0.3 is 4.74 Å². The van der Waals surface area contributed by atoms with Crippen molar-refractivity contribution >= 4 is 0 Å². The first kappa shape index (κ1) is 21.0. The number of rotatable bonds is 6. The number of alkyl halides is 3. The summed E-state index contributed by atoms with van der Waals surface area (Å²) in [4.78, 5) is 4.27. The van der Waals surface area contributed by atoms with Crippen LogP contribution in [0.1, 0.15) is 69.4 Å². The molecule has 3 aliphatic heterocycles. The number of hydrogen-bond acceptors (Lipinski definition) is 3. The molecule has 0 aliphatic carbocycles. The summed E-state index contributed by atoms with van der Waals surface area (Å²) in [6.07, 6.45) is 5.76. The normalized spacial score (nSPS) is 29.0. The lowest BCUT2D eigenvalue weighted by Gasteiger charge is -2.36. The molecule has 1 aromatic rings. The maximum Gasteiger partial charge on any atom is 0.401 e. The van der Waals surface area contributed by atoms with E-state index in [-0.39, 0.29) is 6.04 Å². The summed E-state index contributed by atoms with van der Waals surface area (Å²) < 4.78 is 44.3. The Morgan fingerprint density at radius 1 is 0.897 bits per heavy atom. The number of hydrogen-bond donors (Lipinski definition) is 0. The lowest BCUT2D eigenvalue weighted by molar-refractivity contribution is -0.154. The van der Waals surface area contributed by atoms with Crippen LogP contribution in [0.5, 0.6) is 5.75 Å². The fourth-order valence-corrected chi connectivity index (χ4v) is 5.54. The molecule has 0 amide bonds. The molecule has 0 spiro atoms. The van der Waals surface area contributed by atoms with Gasteiger partial charge >= 0.3 is 6.18 Å². The third-order valence-electron chi connectivity index (χ3n) is 6.96. The summed E-state index contributed by atoms with van der Waals surface area (Å²) in [5.41, 5.74) is 1.37. The van der Waals surface area contributed by atoms with Gasteiger partial charge in [-0.3, -0.25) is 9.80 Å². The van der Waals surface area contributed by atoms with Gasteiger partial charge in [-0.1, -0.05) is 25.0 Å². The number of fused-ring (bicyclic) bond motifs is 1. The minimum Gasteiger partial charge on any atom is -0.494 e. The second-order valence-electron chi connectivity index (χ2n) is 8.92. The van der Waals surface area contributed by atoms with Crippen LogP contribution in [0.2, 0.25) is 0 Å². The van der Waals surface area contributed by atoms with Crippen molar-refractivity contribution in [3.63, 3.8) is 0 Å². The molecule has 0 saturated carbocycles. The highest BCUT2D eigenvalue weighted by Gasteiger charge is 2.36. The van der Waals surface area contributed by atoms with E-state index in [1.54, 1.807) is 4.90 Å². The lowest BCUT2D eigenvalue weighted by atomic mass is 9.99. The second-order valence-corrected chi connectivity index (χ2v) is 8.92. The molecule has 3 saturated heterocycles. The maximum absolute atomic E-state index is 12.8. The van der Waals surface area contributed by atoms with E-state index in [1.807, 2.05) is 12.1 Å². The van der Waals surface area contributed by atoms with Gasteiger partial charge in [0.05, 0.1) is 13.2 Å². The van der Waals surface area contributed by atoms with E-state index in [9.17, 15) is 13.2 Å². The molecule has 0 bridgehead atoms. The van der Waals surface area contributed by atoms with Crippen LogP contribution < -0.4 is 4.74 Å². The number of ether oxygens (including phenoxy) is 1.